The highest BCUT2D eigenvalue weighted by atomic mass is 35.5. The van der Waals surface area contributed by atoms with Crippen LogP contribution in [0.4, 0.5) is 0 Å². The first-order chi connectivity index (χ1) is 8.80. The Labute approximate surface area is 117 Å². The molecule has 1 spiro atoms. The number of piperazine rings is 1. The lowest BCUT2D eigenvalue weighted by Gasteiger charge is -2.49. The lowest BCUT2D eigenvalue weighted by atomic mass is 9.79. The molecule has 0 atom stereocenters. The fourth-order valence-corrected chi connectivity index (χ4v) is 3.92. The minimum Gasteiger partial charge on any atom is -0.314 e. The first kappa shape index (κ1) is 12.8. The van der Waals surface area contributed by atoms with E-state index in [1.54, 1.807) is 0 Å². The van der Waals surface area contributed by atoms with Gasteiger partial charge in [0.05, 0.1) is 0 Å². The van der Waals surface area contributed by atoms with Crippen LogP contribution in [0.2, 0.25) is 4.34 Å². The number of hydrogen-bond acceptors (Lipinski definition) is 5. The zero-order valence-corrected chi connectivity index (χ0v) is 12.1. The molecule has 1 aliphatic heterocycles. The maximum Gasteiger partial charge on any atom is 0.138 e. The van der Waals surface area contributed by atoms with Gasteiger partial charge in [-0.05, 0) is 12.8 Å². The summed E-state index contributed by atoms with van der Waals surface area (Å²) in [6, 6.07) is 0. The number of rotatable bonds is 2. The molecule has 0 bridgehead atoms. The molecule has 1 aromatic rings. The third-order valence-corrected chi connectivity index (χ3v) is 5.30. The van der Waals surface area contributed by atoms with E-state index in [9.17, 15) is 0 Å². The van der Waals surface area contributed by atoms with Crippen LogP contribution in [0.15, 0.2) is 0 Å². The van der Waals surface area contributed by atoms with Gasteiger partial charge in [0, 0.05) is 43.3 Å². The predicted molar refractivity (Wildman–Crippen MR) is 74.0 cm³/mol. The van der Waals surface area contributed by atoms with Gasteiger partial charge in [-0.25, -0.2) is 0 Å². The van der Waals surface area contributed by atoms with Gasteiger partial charge in [0.1, 0.15) is 10.0 Å². The molecule has 0 unspecified atom stereocenters. The van der Waals surface area contributed by atoms with Gasteiger partial charge in [0.25, 0.3) is 0 Å². The summed E-state index contributed by atoms with van der Waals surface area (Å²) in [6.07, 6.45) is 6.68. The monoisotopic (exact) mass is 286 g/mol. The van der Waals surface area contributed by atoms with E-state index < -0.39 is 0 Å². The molecule has 18 heavy (non-hydrogen) atoms. The average Bonchev–Trinajstić information content (AvgIpc) is 2.79. The summed E-state index contributed by atoms with van der Waals surface area (Å²) in [4.78, 5) is 2.59. The first-order valence-electron chi connectivity index (χ1n) is 6.73. The highest BCUT2D eigenvalue weighted by molar-refractivity contribution is 7.10. The molecule has 4 nitrogen and oxygen atoms in total. The van der Waals surface area contributed by atoms with Crippen LogP contribution in [0.1, 0.15) is 37.8 Å². The zero-order chi connectivity index (χ0) is 12.4. The SMILES string of the molecule is Clc1snnc1CN1CCNCC12CCCCC2. The lowest BCUT2D eigenvalue weighted by Crippen LogP contribution is -2.61. The summed E-state index contributed by atoms with van der Waals surface area (Å²) in [5, 5.41) is 7.72. The smallest absolute Gasteiger partial charge is 0.138 e. The van der Waals surface area contributed by atoms with Crippen LogP contribution in [0.3, 0.4) is 0 Å². The second-order valence-corrected chi connectivity index (χ2v) is 6.73. The van der Waals surface area contributed by atoms with Gasteiger partial charge in [-0.3, -0.25) is 4.90 Å². The molecule has 2 aliphatic rings. The van der Waals surface area contributed by atoms with E-state index >= 15 is 0 Å². The normalized spacial score (nSPS) is 24.5. The number of nitrogens with zero attached hydrogens (tertiary/aromatic N) is 3. The summed E-state index contributed by atoms with van der Waals surface area (Å²) < 4.78 is 4.69. The van der Waals surface area contributed by atoms with Crippen LogP contribution in [0.5, 0.6) is 0 Å². The summed E-state index contributed by atoms with van der Waals surface area (Å²) >= 11 is 7.43. The molecular formula is C12H19ClN4S. The van der Waals surface area contributed by atoms with Crippen LogP contribution >= 0.6 is 23.1 Å². The van der Waals surface area contributed by atoms with Crippen molar-refractivity contribution in [3.8, 4) is 0 Å². The quantitative estimate of drug-likeness (QED) is 0.906. The number of halogens is 1. The highest BCUT2D eigenvalue weighted by Crippen LogP contribution is 2.36. The fourth-order valence-electron chi connectivity index (χ4n) is 3.31. The highest BCUT2D eigenvalue weighted by Gasteiger charge is 2.39. The van der Waals surface area contributed by atoms with Gasteiger partial charge in [-0.1, -0.05) is 35.4 Å². The number of hydrogen-bond donors (Lipinski definition) is 1. The number of nitrogens with one attached hydrogen (secondary N) is 1. The van der Waals surface area contributed by atoms with E-state index in [1.807, 2.05) is 0 Å². The second-order valence-electron chi connectivity index (χ2n) is 5.38. The maximum absolute atomic E-state index is 6.14. The number of aromatic nitrogens is 2. The summed E-state index contributed by atoms with van der Waals surface area (Å²) in [5.74, 6) is 0. The van der Waals surface area contributed by atoms with Gasteiger partial charge in [0.15, 0.2) is 0 Å². The summed E-state index contributed by atoms with van der Waals surface area (Å²) in [5.41, 5.74) is 1.29. The second kappa shape index (κ2) is 5.41. The summed E-state index contributed by atoms with van der Waals surface area (Å²) in [6.45, 7) is 4.13. The minimum absolute atomic E-state index is 0.337. The van der Waals surface area contributed by atoms with Crippen molar-refractivity contribution in [2.75, 3.05) is 19.6 Å². The standard InChI is InChI=1S/C12H19ClN4S/c13-11-10(15-16-18-11)8-17-7-6-14-9-12(17)4-2-1-3-5-12/h14H,1-9H2. The third kappa shape index (κ3) is 2.41. The van der Waals surface area contributed by atoms with Crippen molar-refractivity contribution in [3.63, 3.8) is 0 Å². The van der Waals surface area contributed by atoms with Crippen molar-refractivity contribution >= 4 is 23.1 Å². The molecule has 0 radical (unpaired) electrons. The average molecular weight is 287 g/mol. The zero-order valence-electron chi connectivity index (χ0n) is 10.5. The third-order valence-electron chi connectivity index (χ3n) is 4.32. The van der Waals surface area contributed by atoms with Crippen LogP contribution in [-0.2, 0) is 6.54 Å². The Bertz CT molecular complexity index is 394. The van der Waals surface area contributed by atoms with E-state index in [2.05, 4.69) is 19.8 Å². The van der Waals surface area contributed by atoms with Gasteiger partial charge >= 0.3 is 0 Å². The fraction of sp³-hybridized carbons (Fsp3) is 0.833. The molecule has 1 N–H and O–H groups in total. The van der Waals surface area contributed by atoms with Gasteiger partial charge in [0.2, 0.25) is 0 Å². The van der Waals surface area contributed by atoms with E-state index in [1.165, 1.54) is 43.6 Å². The van der Waals surface area contributed by atoms with Crippen molar-refractivity contribution in [3.05, 3.63) is 10.0 Å². The molecule has 1 aliphatic carbocycles. The van der Waals surface area contributed by atoms with Crippen molar-refractivity contribution in [2.24, 2.45) is 0 Å². The van der Waals surface area contributed by atoms with Crippen LogP contribution in [0.25, 0.3) is 0 Å². The van der Waals surface area contributed by atoms with E-state index in [-0.39, 0.29) is 0 Å². The molecule has 100 valence electrons. The Balaban J connectivity index is 1.77. The molecule has 1 aromatic heterocycles. The van der Waals surface area contributed by atoms with Gasteiger partial charge in [-0.2, -0.15) is 0 Å². The molecule has 0 aromatic carbocycles. The molecule has 1 saturated carbocycles. The molecule has 2 fully saturated rings. The van der Waals surface area contributed by atoms with Gasteiger partial charge in [-0.15, -0.1) is 5.10 Å². The largest absolute Gasteiger partial charge is 0.314 e. The van der Waals surface area contributed by atoms with Gasteiger partial charge < -0.3 is 5.32 Å². The Morgan fingerprint density at radius 3 is 2.89 bits per heavy atom. The van der Waals surface area contributed by atoms with E-state index in [0.29, 0.717) is 5.54 Å². The molecule has 0 amide bonds. The molecule has 6 heteroatoms. The predicted octanol–water partition coefficient (Wildman–Crippen LogP) is 2.30. The minimum atomic E-state index is 0.337. The van der Waals surface area contributed by atoms with Crippen molar-refractivity contribution in [1.29, 1.82) is 0 Å². The van der Waals surface area contributed by atoms with E-state index in [4.69, 9.17) is 11.6 Å². The van der Waals surface area contributed by atoms with Crippen molar-refractivity contribution in [2.45, 2.75) is 44.2 Å². The molecule has 1 saturated heterocycles. The Morgan fingerprint density at radius 1 is 1.33 bits per heavy atom. The van der Waals surface area contributed by atoms with Crippen molar-refractivity contribution < 1.29 is 0 Å². The topological polar surface area (TPSA) is 41.1 Å². The Kier molecular flexibility index (Phi) is 3.84. The molecular weight excluding hydrogens is 268 g/mol. The maximum atomic E-state index is 6.14. The van der Waals surface area contributed by atoms with E-state index in [0.717, 1.165) is 36.2 Å². The lowest BCUT2D eigenvalue weighted by molar-refractivity contribution is 0.0200. The molecule has 3 rings (SSSR count). The first-order valence-corrected chi connectivity index (χ1v) is 7.88. The van der Waals surface area contributed by atoms with Crippen LogP contribution < -0.4 is 5.32 Å². The van der Waals surface area contributed by atoms with Crippen molar-refractivity contribution in [1.82, 2.24) is 19.8 Å². The van der Waals surface area contributed by atoms with Crippen LogP contribution in [0, 0.1) is 0 Å². The Hall–Kier alpha value is -0.230. The van der Waals surface area contributed by atoms with Crippen LogP contribution in [-0.4, -0.2) is 39.7 Å². The molecule has 2 heterocycles. The Morgan fingerprint density at radius 2 is 2.17 bits per heavy atom. The summed E-state index contributed by atoms with van der Waals surface area (Å²) in [7, 11) is 0.